The molecular weight excluding hydrogens is 440 g/mol. The van der Waals surface area contributed by atoms with Gasteiger partial charge in [-0.1, -0.05) is 60.7 Å². The minimum absolute atomic E-state index is 0.135. The summed E-state index contributed by atoms with van der Waals surface area (Å²) in [7, 11) is 3.06. The van der Waals surface area contributed by atoms with E-state index in [2.05, 4.69) is 10.6 Å². The molecule has 4 aromatic rings. The first-order valence-corrected chi connectivity index (χ1v) is 11.1. The Morgan fingerprint density at radius 3 is 1.66 bits per heavy atom. The van der Waals surface area contributed by atoms with Gasteiger partial charge in [0.1, 0.15) is 0 Å². The molecule has 0 fully saturated rings. The van der Waals surface area contributed by atoms with Gasteiger partial charge in [0.15, 0.2) is 11.5 Å². The van der Waals surface area contributed by atoms with Crippen LogP contribution in [0, 0.1) is 0 Å². The predicted molar refractivity (Wildman–Crippen MR) is 137 cm³/mol. The summed E-state index contributed by atoms with van der Waals surface area (Å²) in [6.07, 6.45) is 0. The molecule has 0 radical (unpaired) electrons. The van der Waals surface area contributed by atoms with Gasteiger partial charge in [0.05, 0.1) is 20.1 Å². The second kappa shape index (κ2) is 11.0. The zero-order valence-corrected chi connectivity index (χ0v) is 19.5. The molecule has 176 valence electrons. The monoisotopic (exact) mass is 466 g/mol. The van der Waals surface area contributed by atoms with Crippen LogP contribution in [-0.4, -0.2) is 26.0 Å². The van der Waals surface area contributed by atoms with E-state index in [-0.39, 0.29) is 11.8 Å². The lowest BCUT2D eigenvalue weighted by molar-refractivity contribution is -0.116. The summed E-state index contributed by atoms with van der Waals surface area (Å²) >= 11 is 0. The maximum absolute atomic E-state index is 13.3. The third kappa shape index (κ3) is 5.68. The Bertz CT molecular complexity index is 1250. The van der Waals surface area contributed by atoms with Gasteiger partial charge >= 0.3 is 0 Å². The number of ether oxygens (including phenoxy) is 2. The minimum Gasteiger partial charge on any atom is -0.493 e. The first-order valence-electron chi connectivity index (χ1n) is 11.1. The zero-order valence-electron chi connectivity index (χ0n) is 19.5. The number of benzene rings is 4. The SMILES string of the molecule is COc1ccc(C(=O)Nc2ccc(NC(=O)C(c3ccccc3)c3ccccc3)cc2)cc1OC. The maximum atomic E-state index is 13.3. The highest BCUT2D eigenvalue weighted by Crippen LogP contribution is 2.29. The molecule has 0 aliphatic heterocycles. The first-order chi connectivity index (χ1) is 17.1. The van der Waals surface area contributed by atoms with E-state index in [0.29, 0.717) is 28.4 Å². The van der Waals surface area contributed by atoms with Crippen molar-refractivity contribution in [3.63, 3.8) is 0 Å². The molecule has 0 heterocycles. The first kappa shape index (κ1) is 23.6. The van der Waals surface area contributed by atoms with Crippen LogP contribution in [0.15, 0.2) is 103 Å². The summed E-state index contributed by atoms with van der Waals surface area (Å²) in [6, 6.07) is 31.3. The van der Waals surface area contributed by atoms with E-state index < -0.39 is 5.92 Å². The van der Waals surface area contributed by atoms with Crippen LogP contribution < -0.4 is 20.1 Å². The van der Waals surface area contributed by atoms with Gasteiger partial charge in [0, 0.05) is 16.9 Å². The molecule has 4 aromatic carbocycles. The highest BCUT2D eigenvalue weighted by atomic mass is 16.5. The van der Waals surface area contributed by atoms with Gasteiger partial charge in [0.25, 0.3) is 5.91 Å². The van der Waals surface area contributed by atoms with Crippen LogP contribution in [0.2, 0.25) is 0 Å². The van der Waals surface area contributed by atoms with Gasteiger partial charge in [-0.25, -0.2) is 0 Å². The fraction of sp³-hybridized carbons (Fsp3) is 0.103. The van der Waals surface area contributed by atoms with Crippen LogP contribution in [0.3, 0.4) is 0 Å². The van der Waals surface area contributed by atoms with E-state index in [0.717, 1.165) is 11.1 Å². The van der Waals surface area contributed by atoms with Crippen molar-refractivity contribution in [1.29, 1.82) is 0 Å². The van der Waals surface area contributed by atoms with Crippen molar-refractivity contribution in [3.05, 3.63) is 120 Å². The van der Waals surface area contributed by atoms with Crippen LogP contribution in [0.5, 0.6) is 11.5 Å². The molecule has 0 aromatic heterocycles. The Labute approximate surface area is 204 Å². The van der Waals surface area contributed by atoms with Crippen molar-refractivity contribution in [2.24, 2.45) is 0 Å². The number of carbonyl (C=O) groups is 2. The highest BCUT2D eigenvalue weighted by molar-refractivity contribution is 6.05. The second-order valence-electron chi connectivity index (χ2n) is 7.84. The van der Waals surface area contributed by atoms with Crippen LogP contribution in [0.25, 0.3) is 0 Å². The lowest BCUT2D eigenvalue weighted by atomic mass is 9.90. The van der Waals surface area contributed by atoms with Crippen LogP contribution in [0.4, 0.5) is 11.4 Å². The molecule has 2 amide bonds. The number of hydrogen-bond acceptors (Lipinski definition) is 4. The molecule has 6 heteroatoms. The number of rotatable bonds is 8. The van der Waals surface area contributed by atoms with Crippen LogP contribution >= 0.6 is 0 Å². The van der Waals surface area contributed by atoms with Crippen molar-refractivity contribution in [1.82, 2.24) is 0 Å². The van der Waals surface area contributed by atoms with Crippen molar-refractivity contribution in [2.75, 3.05) is 24.9 Å². The molecule has 6 nitrogen and oxygen atoms in total. The fourth-order valence-electron chi connectivity index (χ4n) is 3.82. The Morgan fingerprint density at radius 1 is 0.629 bits per heavy atom. The van der Waals surface area contributed by atoms with Gasteiger partial charge in [-0.15, -0.1) is 0 Å². The number of nitrogens with one attached hydrogen (secondary N) is 2. The number of methoxy groups -OCH3 is 2. The summed E-state index contributed by atoms with van der Waals surface area (Å²) in [5.74, 6) is 0.167. The molecule has 4 rings (SSSR count). The van der Waals surface area contributed by atoms with Crippen molar-refractivity contribution in [2.45, 2.75) is 5.92 Å². The summed E-state index contributed by atoms with van der Waals surface area (Å²) in [5.41, 5.74) is 3.50. The standard InChI is InChI=1S/C29H26N2O4/c1-34-25-18-13-22(19-26(25)35-2)28(32)30-23-14-16-24(17-15-23)31-29(33)27(20-9-5-3-6-10-20)21-11-7-4-8-12-21/h3-19,27H,1-2H3,(H,30,32)(H,31,33). The topological polar surface area (TPSA) is 76.7 Å². The maximum Gasteiger partial charge on any atom is 0.255 e. The number of hydrogen-bond donors (Lipinski definition) is 2. The van der Waals surface area contributed by atoms with Crippen LogP contribution in [-0.2, 0) is 4.79 Å². The molecule has 0 aliphatic carbocycles. The average Bonchev–Trinajstić information content (AvgIpc) is 2.90. The normalized spacial score (nSPS) is 10.5. The van der Waals surface area contributed by atoms with Crippen molar-refractivity contribution in [3.8, 4) is 11.5 Å². The smallest absolute Gasteiger partial charge is 0.255 e. The molecule has 0 saturated heterocycles. The van der Waals surface area contributed by atoms with Gasteiger partial charge < -0.3 is 20.1 Å². The summed E-state index contributed by atoms with van der Waals surface area (Å²) < 4.78 is 10.5. The van der Waals surface area contributed by atoms with Crippen LogP contribution in [0.1, 0.15) is 27.4 Å². The summed E-state index contributed by atoms with van der Waals surface area (Å²) in [6.45, 7) is 0. The minimum atomic E-state index is -0.443. The molecule has 0 bridgehead atoms. The molecule has 0 saturated carbocycles. The molecule has 2 N–H and O–H groups in total. The molecule has 0 atom stereocenters. The van der Waals surface area contributed by atoms with Crippen molar-refractivity contribution < 1.29 is 19.1 Å². The zero-order chi connectivity index (χ0) is 24.6. The number of anilines is 2. The van der Waals surface area contributed by atoms with E-state index in [1.54, 1.807) is 49.6 Å². The molecule has 35 heavy (non-hydrogen) atoms. The van der Waals surface area contributed by atoms with E-state index in [4.69, 9.17) is 9.47 Å². The van der Waals surface area contributed by atoms with Gasteiger partial charge in [0.2, 0.25) is 5.91 Å². The number of carbonyl (C=O) groups excluding carboxylic acids is 2. The van der Waals surface area contributed by atoms with Gasteiger partial charge in [-0.3, -0.25) is 9.59 Å². The molecule has 0 aliphatic rings. The van der Waals surface area contributed by atoms with E-state index in [1.165, 1.54) is 7.11 Å². The quantitative estimate of drug-likeness (QED) is 0.348. The summed E-state index contributed by atoms with van der Waals surface area (Å²) in [4.78, 5) is 25.9. The summed E-state index contributed by atoms with van der Waals surface area (Å²) in [5, 5.41) is 5.85. The van der Waals surface area contributed by atoms with Gasteiger partial charge in [-0.05, 0) is 53.6 Å². The van der Waals surface area contributed by atoms with E-state index in [1.807, 2.05) is 60.7 Å². The van der Waals surface area contributed by atoms with E-state index >= 15 is 0 Å². The lowest BCUT2D eigenvalue weighted by Crippen LogP contribution is -2.22. The molecule has 0 unspecified atom stereocenters. The third-order valence-electron chi connectivity index (χ3n) is 5.58. The number of amides is 2. The Morgan fingerprint density at radius 2 is 1.14 bits per heavy atom. The Balaban J connectivity index is 1.46. The fourth-order valence-corrected chi connectivity index (χ4v) is 3.82. The van der Waals surface area contributed by atoms with Gasteiger partial charge in [-0.2, -0.15) is 0 Å². The Kier molecular flexibility index (Phi) is 7.43. The second-order valence-corrected chi connectivity index (χ2v) is 7.84. The largest absolute Gasteiger partial charge is 0.493 e. The average molecular weight is 467 g/mol. The van der Waals surface area contributed by atoms with E-state index in [9.17, 15) is 9.59 Å². The molecule has 0 spiro atoms. The highest BCUT2D eigenvalue weighted by Gasteiger charge is 2.22. The third-order valence-corrected chi connectivity index (χ3v) is 5.58. The lowest BCUT2D eigenvalue weighted by Gasteiger charge is -2.18. The molecular formula is C29H26N2O4. The van der Waals surface area contributed by atoms with Crippen molar-refractivity contribution >= 4 is 23.2 Å². The Hall–Kier alpha value is -4.58. The predicted octanol–water partition coefficient (Wildman–Crippen LogP) is 5.73.